The number of likely N-dealkylation sites (N-methyl/N-ethyl adjacent to an activating group) is 1. The lowest BCUT2D eigenvalue weighted by molar-refractivity contribution is 0.349. The topological polar surface area (TPSA) is 61.0 Å². The molecule has 0 radical (unpaired) electrons. The van der Waals surface area contributed by atoms with Crippen molar-refractivity contribution in [2.45, 2.75) is 79.3 Å². The molecule has 1 aromatic heterocycles. The molecule has 0 fully saturated rings. The van der Waals surface area contributed by atoms with Gasteiger partial charge in [-0.3, -0.25) is 0 Å². The summed E-state index contributed by atoms with van der Waals surface area (Å²) in [7, 11) is 2.02. The summed E-state index contributed by atoms with van der Waals surface area (Å²) < 4.78 is 12.2. The third kappa shape index (κ3) is 7.81. The van der Waals surface area contributed by atoms with Crippen LogP contribution < -0.4 is 21.5 Å². The quantitative estimate of drug-likeness (QED) is 0.119. The Balaban J connectivity index is 2.34. The van der Waals surface area contributed by atoms with Gasteiger partial charge in [0.05, 0.1) is 12.7 Å². The van der Waals surface area contributed by atoms with Gasteiger partial charge in [-0.05, 0) is 80.0 Å². The summed E-state index contributed by atoms with van der Waals surface area (Å²) in [4.78, 5) is 4.44. The van der Waals surface area contributed by atoms with E-state index < -0.39 is 0 Å². The second-order valence-electron chi connectivity index (χ2n) is 9.14. The molecule has 2 atom stereocenters. The van der Waals surface area contributed by atoms with Crippen LogP contribution in [-0.2, 0) is 6.54 Å². The molecular formula is C28H44FN5. The van der Waals surface area contributed by atoms with Gasteiger partial charge >= 0.3 is 0 Å². The average Bonchev–Trinajstić information content (AvgIpc) is 2.99. The number of aryl methyl sites for hydroxylation is 1. The Morgan fingerprint density at radius 1 is 1.29 bits per heavy atom. The van der Waals surface area contributed by atoms with Crippen molar-refractivity contribution in [3.05, 3.63) is 70.1 Å². The Bertz CT molecular complexity index is 900. The first-order valence-electron chi connectivity index (χ1n) is 12.7. The number of rotatable bonds is 13. The molecule has 6 heteroatoms. The van der Waals surface area contributed by atoms with Gasteiger partial charge in [-0.1, -0.05) is 57.4 Å². The zero-order valence-corrected chi connectivity index (χ0v) is 21.9. The first-order valence-corrected chi connectivity index (χ1v) is 12.7. The molecule has 1 aromatic rings. The maximum atomic E-state index is 12.2. The van der Waals surface area contributed by atoms with E-state index in [1.807, 2.05) is 20.2 Å². The Labute approximate surface area is 206 Å². The molecule has 0 amide bonds. The molecule has 0 spiro atoms. The van der Waals surface area contributed by atoms with Crippen molar-refractivity contribution in [1.82, 2.24) is 21.2 Å². The van der Waals surface area contributed by atoms with Crippen LogP contribution in [0.3, 0.4) is 0 Å². The van der Waals surface area contributed by atoms with Crippen molar-refractivity contribution in [3.63, 3.8) is 0 Å². The number of unbranched alkanes of at least 4 members (excludes halogenated alkanes) is 2. The van der Waals surface area contributed by atoms with Crippen molar-refractivity contribution in [1.29, 1.82) is 0 Å². The van der Waals surface area contributed by atoms with Gasteiger partial charge in [0.15, 0.2) is 0 Å². The second kappa shape index (κ2) is 14.7. The van der Waals surface area contributed by atoms with Gasteiger partial charge in [0, 0.05) is 18.9 Å². The number of aromatic nitrogens is 1. The van der Waals surface area contributed by atoms with Crippen LogP contribution in [0.2, 0.25) is 0 Å². The molecule has 0 aromatic carbocycles. The van der Waals surface area contributed by atoms with Crippen LogP contribution in [0.15, 0.2) is 59.0 Å². The molecule has 0 aliphatic heterocycles. The number of nitrogens with zero attached hydrogens (tertiary/aromatic N) is 1. The fourth-order valence-corrected chi connectivity index (χ4v) is 4.36. The lowest BCUT2D eigenvalue weighted by Crippen LogP contribution is -2.28. The fraction of sp³-hybridized carbons (Fsp3) is 0.536. The number of allylic oxidation sites excluding steroid dienone is 4. The average molecular weight is 470 g/mol. The van der Waals surface area contributed by atoms with E-state index in [4.69, 9.17) is 0 Å². The molecule has 0 bridgehead atoms. The van der Waals surface area contributed by atoms with E-state index in [0.29, 0.717) is 18.3 Å². The summed E-state index contributed by atoms with van der Waals surface area (Å²) in [6, 6.07) is 2.23. The van der Waals surface area contributed by atoms with Gasteiger partial charge < -0.3 is 16.0 Å². The number of pyridine rings is 1. The lowest BCUT2D eigenvalue weighted by Gasteiger charge is -2.26. The minimum Gasteiger partial charge on any atom is -0.386 e. The Hall–Kier alpha value is -2.44. The van der Waals surface area contributed by atoms with Gasteiger partial charge in [0.1, 0.15) is 5.82 Å². The van der Waals surface area contributed by atoms with Gasteiger partial charge in [-0.25, -0.2) is 4.98 Å². The standard InChI is InChI=1S/C28H44FN5/c1-7-9-10-13-24(20(3)8-2)27-21(4)12-11-14-26(30-6)25(27)18-31-16-23-15-22(5)28(32-17-23)33-19-34-29/h11,13-15,17-18,20,26,30-31,34H,7-10,12,16,19H2,1-6H3,(H,32,33)/b24-13-,25-18+/t20-,26?/m1/s1. The molecule has 4 N–H and O–H groups in total. The Kier molecular flexibility index (Phi) is 12.1. The molecular weight excluding hydrogens is 425 g/mol. The highest BCUT2D eigenvalue weighted by Gasteiger charge is 2.24. The van der Waals surface area contributed by atoms with Gasteiger partial charge in [0.2, 0.25) is 0 Å². The van der Waals surface area contributed by atoms with Gasteiger partial charge in [-0.2, -0.15) is 0 Å². The highest BCUT2D eigenvalue weighted by molar-refractivity contribution is 5.55. The summed E-state index contributed by atoms with van der Waals surface area (Å²) in [6.45, 7) is 11.8. The molecule has 1 unspecified atom stereocenters. The summed E-state index contributed by atoms with van der Waals surface area (Å²) >= 11 is 0. The zero-order valence-electron chi connectivity index (χ0n) is 21.9. The van der Waals surface area contributed by atoms with Crippen LogP contribution in [0.4, 0.5) is 10.3 Å². The number of halogens is 1. The highest BCUT2D eigenvalue weighted by Crippen LogP contribution is 2.35. The van der Waals surface area contributed by atoms with Crippen LogP contribution in [0, 0.1) is 12.8 Å². The number of hydrogen-bond donors (Lipinski definition) is 4. The van der Waals surface area contributed by atoms with Crippen molar-refractivity contribution in [3.8, 4) is 0 Å². The minimum absolute atomic E-state index is 0.0369. The van der Waals surface area contributed by atoms with Crippen molar-refractivity contribution >= 4 is 5.82 Å². The molecule has 1 aliphatic rings. The van der Waals surface area contributed by atoms with E-state index in [2.05, 4.69) is 79.1 Å². The fourth-order valence-electron chi connectivity index (χ4n) is 4.36. The summed E-state index contributed by atoms with van der Waals surface area (Å²) in [5.74, 6) is 1.19. The maximum absolute atomic E-state index is 12.2. The number of nitrogens with one attached hydrogen (secondary N) is 4. The van der Waals surface area contributed by atoms with Crippen LogP contribution in [0.1, 0.15) is 70.9 Å². The Morgan fingerprint density at radius 3 is 2.74 bits per heavy atom. The SMILES string of the molecule is CCCC/C=C(\C1=C(C)CC=CC(NC)/C1=C\NCc1cnc(NCNF)c(C)c1)[C@H](C)CC. The molecule has 5 nitrogen and oxygen atoms in total. The van der Waals surface area contributed by atoms with E-state index in [0.717, 1.165) is 30.4 Å². The van der Waals surface area contributed by atoms with Crippen molar-refractivity contribution in [2.24, 2.45) is 5.92 Å². The molecule has 1 heterocycles. The molecule has 0 saturated heterocycles. The minimum atomic E-state index is 0.0369. The van der Waals surface area contributed by atoms with E-state index in [9.17, 15) is 4.48 Å². The normalized spacial score (nSPS) is 18.9. The van der Waals surface area contributed by atoms with Gasteiger partial charge in [0.25, 0.3) is 0 Å². The first kappa shape index (κ1) is 27.8. The molecule has 188 valence electrons. The van der Waals surface area contributed by atoms with Crippen LogP contribution in [0.25, 0.3) is 0 Å². The largest absolute Gasteiger partial charge is 0.386 e. The molecule has 0 saturated carbocycles. The van der Waals surface area contributed by atoms with E-state index in [1.165, 1.54) is 35.1 Å². The predicted molar refractivity (Wildman–Crippen MR) is 143 cm³/mol. The van der Waals surface area contributed by atoms with Crippen molar-refractivity contribution in [2.75, 3.05) is 19.0 Å². The van der Waals surface area contributed by atoms with Crippen molar-refractivity contribution < 1.29 is 4.48 Å². The van der Waals surface area contributed by atoms with Crippen LogP contribution in [-0.4, -0.2) is 24.7 Å². The Morgan fingerprint density at radius 2 is 2.09 bits per heavy atom. The predicted octanol–water partition coefficient (Wildman–Crippen LogP) is 6.23. The third-order valence-electron chi connectivity index (χ3n) is 6.49. The maximum Gasteiger partial charge on any atom is 0.129 e. The number of hydrogen-bond acceptors (Lipinski definition) is 5. The van der Waals surface area contributed by atoms with E-state index in [-0.39, 0.29) is 12.7 Å². The summed E-state index contributed by atoms with van der Waals surface area (Å²) in [5, 5.41) is 9.97. The monoisotopic (exact) mass is 469 g/mol. The van der Waals surface area contributed by atoms with E-state index in [1.54, 1.807) is 5.54 Å². The molecule has 34 heavy (non-hydrogen) atoms. The lowest BCUT2D eigenvalue weighted by atomic mass is 9.82. The summed E-state index contributed by atoms with van der Waals surface area (Å²) in [5.41, 5.74) is 9.24. The smallest absolute Gasteiger partial charge is 0.129 e. The first-order chi connectivity index (χ1) is 16.5. The van der Waals surface area contributed by atoms with Crippen LogP contribution >= 0.6 is 0 Å². The zero-order chi connectivity index (χ0) is 24.9. The molecule has 1 aliphatic carbocycles. The summed E-state index contributed by atoms with van der Waals surface area (Å²) in [6.07, 6.45) is 16.7. The number of anilines is 1. The highest BCUT2D eigenvalue weighted by atomic mass is 19.2. The second-order valence-corrected chi connectivity index (χ2v) is 9.14. The molecule has 2 rings (SSSR count). The van der Waals surface area contributed by atoms with Gasteiger partial charge in [-0.15, -0.1) is 10.0 Å². The van der Waals surface area contributed by atoms with E-state index >= 15 is 0 Å². The third-order valence-corrected chi connectivity index (χ3v) is 6.49. The van der Waals surface area contributed by atoms with Crippen LogP contribution in [0.5, 0.6) is 0 Å².